The van der Waals surface area contributed by atoms with E-state index in [-0.39, 0.29) is 18.0 Å². The zero-order valence-corrected chi connectivity index (χ0v) is 13.0. The number of nitrogens with two attached hydrogens (primary N) is 1. The van der Waals surface area contributed by atoms with Crippen molar-refractivity contribution in [1.82, 2.24) is 0 Å². The minimum absolute atomic E-state index is 0.00600. The van der Waals surface area contributed by atoms with Crippen molar-refractivity contribution in [3.63, 3.8) is 0 Å². The van der Waals surface area contributed by atoms with Gasteiger partial charge in [0.25, 0.3) is 0 Å². The molecule has 0 aliphatic heterocycles. The SMILES string of the molecule is CCC(CN)Oc1cc(C)c(OC(C)=O)cc1C(C)C. The van der Waals surface area contributed by atoms with Crippen LogP contribution in [0.4, 0.5) is 0 Å². The summed E-state index contributed by atoms with van der Waals surface area (Å²) in [5, 5.41) is 0. The van der Waals surface area contributed by atoms with Crippen molar-refractivity contribution in [1.29, 1.82) is 0 Å². The van der Waals surface area contributed by atoms with Crippen LogP contribution < -0.4 is 15.2 Å². The topological polar surface area (TPSA) is 61.6 Å². The minimum Gasteiger partial charge on any atom is -0.489 e. The van der Waals surface area contributed by atoms with E-state index in [1.165, 1.54) is 6.92 Å². The molecule has 0 bridgehead atoms. The molecule has 0 aromatic heterocycles. The molecule has 112 valence electrons. The van der Waals surface area contributed by atoms with Gasteiger partial charge < -0.3 is 15.2 Å². The molecule has 2 N–H and O–H groups in total. The first-order chi connectivity index (χ1) is 9.38. The number of hydrogen-bond acceptors (Lipinski definition) is 4. The third-order valence-corrected chi connectivity index (χ3v) is 3.19. The Labute approximate surface area is 121 Å². The van der Waals surface area contributed by atoms with Crippen LogP contribution in [0.3, 0.4) is 0 Å². The van der Waals surface area contributed by atoms with E-state index in [0.717, 1.165) is 23.3 Å². The minimum atomic E-state index is -0.315. The van der Waals surface area contributed by atoms with Gasteiger partial charge in [-0.25, -0.2) is 0 Å². The van der Waals surface area contributed by atoms with Gasteiger partial charge in [-0.1, -0.05) is 20.8 Å². The van der Waals surface area contributed by atoms with Crippen molar-refractivity contribution in [2.45, 2.75) is 53.1 Å². The molecule has 0 heterocycles. The molecule has 0 fully saturated rings. The molecular formula is C16H25NO3. The third kappa shape index (κ3) is 4.23. The molecule has 0 saturated heterocycles. The summed E-state index contributed by atoms with van der Waals surface area (Å²) in [5.41, 5.74) is 7.60. The second-order valence-corrected chi connectivity index (χ2v) is 5.29. The summed E-state index contributed by atoms with van der Waals surface area (Å²) in [6, 6.07) is 3.81. The maximum atomic E-state index is 11.1. The van der Waals surface area contributed by atoms with Gasteiger partial charge in [-0.2, -0.15) is 0 Å². The molecule has 1 unspecified atom stereocenters. The van der Waals surface area contributed by atoms with Gasteiger partial charge in [0.1, 0.15) is 17.6 Å². The number of benzene rings is 1. The summed E-state index contributed by atoms with van der Waals surface area (Å²) in [5.74, 6) is 1.38. The fourth-order valence-electron chi connectivity index (χ4n) is 1.97. The summed E-state index contributed by atoms with van der Waals surface area (Å²) >= 11 is 0. The van der Waals surface area contributed by atoms with Gasteiger partial charge in [0.05, 0.1) is 0 Å². The third-order valence-electron chi connectivity index (χ3n) is 3.19. The Balaban J connectivity index is 3.16. The Kier molecular flexibility index (Phi) is 6.02. The van der Waals surface area contributed by atoms with Crippen LogP contribution in [-0.2, 0) is 4.79 Å². The molecule has 1 atom stereocenters. The van der Waals surface area contributed by atoms with Crippen molar-refractivity contribution >= 4 is 5.97 Å². The van der Waals surface area contributed by atoms with E-state index in [2.05, 4.69) is 13.8 Å². The average Bonchev–Trinajstić information content (AvgIpc) is 2.37. The zero-order valence-electron chi connectivity index (χ0n) is 13.0. The van der Waals surface area contributed by atoms with Crippen LogP contribution in [0.2, 0.25) is 0 Å². The van der Waals surface area contributed by atoms with Crippen LogP contribution in [0.1, 0.15) is 51.2 Å². The van der Waals surface area contributed by atoms with Crippen LogP contribution >= 0.6 is 0 Å². The molecule has 0 amide bonds. The quantitative estimate of drug-likeness (QED) is 0.642. The lowest BCUT2D eigenvalue weighted by Crippen LogP contribution is -2.26. The van der Waals surface area contributed by atoms with E-state index in [1.807, 2.05) is 26.0 Å². The van der Waals surface area contributed by atoms with Crippen LogP contribution in [0.15, 0.2) is 12.1 Å². The first-order valence-electron chi connectivity index (χ1n) is 7.08. The molecule has 1 aromatic carbocycles. The van der Waals surface area contributed by atoms with Crippen molar-refractivity contribution in [2.75, 3.05) is 6.54 Å². The maximum absolute atomic E-state index is 11.1. The van der Waals surface area contributed by atoms with E-state index in [9.17, 15) is 4.79 Å². The number of ether oxygens (including phenoxy) is 2. The molecule has 1 rings (SSSR count). The Morgan fingerprint density at radius 3 is 2.40 bits per heavy atom. The summed E-state index contributed by atoms with van der Waals surface area (Å²) in [7, 11) is 0. The van der Waals surface area contributed by atoms with Gasteiger partial charge in [0.15, 0.2) is 0 Å². The lowest BCUT2D eigenvalue weighted by Gasteiger charge is -2.21. The standard InChI is InChI=1S/C16H25NO3/c1-6-13(9-17)20-16-7-11(4)15(19-12(5)18)8-14(16)10(2)3/h7-8,10,13H,6,9,17H2,1-5H3. The van der Waals surface area contributed by atoms with Crippen molar-refractivity contribution in [3.05, 3.63) is 23.3 Å². The Bertz CT molecular complexity index is 465. The molecule has 1 aromatic rings. The molecule has 0 spiro atoms. The monoisotopic (exact) mass is 279 g/mol. The summed E-state index contributed by atoms with van der Waals surface area (Å²) in [4.78, 5) is 11.1. The normalized spacial score (nSPS) is 12.3. The number of esters is 1. The Morgan fingerprint density at radius 2 is 1.95 bits per heavy atom. The predicted molar refractivity (Wildman–Crippen MR) is 80.3 cm³/mol. The van der Waals surface area contributed by atoms with Gasteiger partial charge in [0.2, 0.25) is 0 Å². The van der Waals surface area contributed by atoms with E-state index in [4.69, 9.17) is 15.2 Å². The predicted octanol–water partition coefficient (Wildman–Crippen LogP) is 3.16. The highest BCUT2D eigenvalue weighted by Crippen LogP contribution is 2.34. The number of carbonyl (C=O) groups excluding carboxylic acids is 1. The van der Waals surface area contributed by atoms with E-state index in [1.54, 1.807) is 0 Å². The molecule has 0 aliphatic rings. The second kappa shape index (κ2) is 7.29. The molecular weight excluding hydrogens is 254 g/mol. The lowest BCUT2D eigenvalue weighted by atomic mass is 9.99. The fourth-order valence-corrected chi connectivity index (χ4v) is 1.97. The van der Waals surface area contributed by atoms with Crippen molar-refractivity contribution in [3.8, 4) is 11.5 Å². The van der Waals surface area contributed by atoms with Crippen molar-refractivity contribution < 1.29 is 14.3 Å². The van der Waals surface area contributed by atoms with Gasteiger partial charge >= 0.3 is 5.97 Å². The Morgan fingerprint density at radius 1 is 1.30 bits per heavy atom. The number of hydrogen-bond donors (Lipinski definition) is 1. The molecule has 4 heteroatoms. The van der Waals surface area contributed by atoms with Gasteiger partial charge in [-0.15, -0.1) is 0 Å². The smallest absolute Gasteiger partial charge is 0.308 e. The van der Waals surface area contributed by atoms with Crippen LogP contribution in [-0.4, -0.2) is 18.6 Å². The first kappa shape index (κ1) is 16.5. The second-order valence-electron chi connectivity index (χ2n) is 5.29. The lowest BCUT2D eigenvalue weighted by molar-refractivity contribution is -0.131. The summed E-state index contributed by atoms with van der Waals surface area (Å²) in [6.07, 6.45) is 0.866. The molecule has 0 aliphatic carbocycles. The largest absolute Gasteiger partial charge is 0.489 e. The molecule has 4 nitrogen and oxygen atoms in total. The van der Waals surface area contributed by atoms with E-state index in [0.29, 0.717) is 12.3 Å². The van der Waals surface area contributed by atoms with Gasteiger partial charge in [-0.05, 0) is 37.0 Å². The molecule has 0 saturated carbocycles. The zero-order chi connectivity index (χ0) is 15.3. The van der Waals surface area contributed by atoms with Gasteiger partial charge in [-0.3, -0.25) is 4.79 Å². The van der Waals surface area contributed by atoms with Crippen LogP contribution in [0, 0.1) is 6.92 Å². The molecule has 0 radical (unpaired) electrons. The highest BCUT2D eigenvalue weighted by molar-refractivity contribution is 5.70. The highest BCUT2D eigenvalue weighted by atomic mass is 16.5. The van der Waals surface area contributed by atoms with Crippen LogP contribution in [0.25, 0.3) is 0 Å². The molecule has 20 heavy (non-hydrogen) atoms. The number of carbonyl (C=O) groups is 1. The highest BCUT2D eigenvalue weighted by Gasteiger charge is 2.16. The summed E-state index contributed by atoms with van der Waals surface area (Å²) < 4.78 is 11.2. The fraction of sp³-hybridized carbons (Fsp3) is 0.562. The number of rotatable bonds is 6. The number of aryl methyl sites for hydroxylation is 1. The Hall–Kier alpha value is -1.55. The van der Waals surface area contributed by atoms with Crippen LogP contribution in [0.5, 0.6) is 11.5 Å². The van der Waals surface area contributed by atoms with E-state index >= 15 is 0 Å². The first-order valence-corrected chi connectivity index (χ1v) is 7.08. The van der Waals surface area contributed by atoms with Crippen molar-refractivity contribution in [2.24, 2.45) is 5.73 Å². The van der Waals surface area contributed by atoms with E-state index < -0.39 is 0 Å². The maximum Gasteiger partial charge on any atom is 0.308 e. The average molecular weight is 279 g/mol. The van der Waals surface area contributed by atoms with Gasteiger partial charge in [0, 0.05) is 19.0 Å². The summed E-state index contributed by atoms with van der Waals surface area (Å²) in [6.45, 7) is 10.0.